The Hall–Kier alpha value is -4.37. The van der Waals surface area contributed by atoms with E-state index < -0.39 is 20.0 Å². The Labute approximate surface area is 251 Å². The van der Waals surface area contributed by atoms with Crippen LogP contribution in [0.4, 0.5) is 23.3 Å². The van der Waals surface area contributed by atoms with E-state index in [2.05, 4.69) is 35.9 Å². The van der Waals surface area contributed by atoms with E-state index in [1.807, 2.05) is 37.3 Å². The van der Waals surface area contributed by atoms with Crippen molar-refractivity contribution >= 4 is 49.0 Å². The molecular weight excluding hydrogens is 589 g/mol. The first kappa shape index (κ1) is 30.1. The molecule has 0 saturated heterocycles. The molecule has 1 aliphatic carbocycles. The molecule has 0 radical (unpaired) electrons. The molecule has 1 saturated carbocycles. The van der Waals surface area contributed by atoms with Crippen LogP contribution in [0.1, 0.15) is 30.9 Å². The van der Waals surface area contributed by atoms with Crippen LogP contribution < -0.4 is 25.9 Å². The molecule has 3 aromatic carbocycles. The van der Waals surface area contributed by atoms with Crippen molar-refractivity contribution in [2.75, 3.05) is 22.6 Å². The van der Waals surface area contributed by atoms with E-state index in [-0.39, 0.29) is 15.8 Å². The molecule has 0 unspecified atom stereocenters. The first-order chi connectivity index (χ1) is 20.5. The Bertz CT molecular complexity index is 1810. The molecule has 0 atom stereocenters. The minimum Gasteiger partial charge on any atom is -0.370 e. The molecule has 0 spiro atoms. The summed E-state index contributed by atoms with van der Waals surface area (Å²) in [7, 11) is -7.27. The lowest BCUT2D eigenvalue weighted by Crippen LogP contribution is -2.25. The van der Waals surface area contributed by atoms with Gasteiger partial charge in [0, 0.05) is 24.3 Å². The van der Waals surface area contributed by atoms with Gasteiger partial charge in [-0.3, -0.25) is 5.43 Å². The normalized spacial score (nSPS) is 13.9. The highest BCUT2D eigenvalue weighted by Gasteiger charge is 2.27. The van der Waals surface area contributed by atoms with E-state index in [4.69, 9.17) is 5.14 Å². The molecule has 1 fully saturated rings. The predicted octanol–water partition coefficient (Wildman–Crippen LogP) is 3.80. The minimum absolute atomic E-state index is 0.0368. The van der Waals surface area contributed by atoms with Gasteiger partial charge in [0.2, 0.25) is 26.0 Å². The number of para-hydroxylation sites is 1. The molecule has 5 rings (SSSR count). The van der Waals surface area contributed by atoms with Crippen molar-refractivity contribution in [1.82, 2.24) is 14.7 Å². The third-order valence-electron chi connectivity index (χ3n) is 6.55. The molecule has 12 nitrogen and oxygen atoms in total. The third-order valence-corrected chi connectivity index (χ3v) is 9.01. The summed E-state index contributed by atoms with van der Waals surface area (Å²) >= 11 is 0. The number of nitrogens with one attached hydrogen (secondary N) is 4. The molecule has 43 heavy (non-hydrogen) atoms. The highest BCUT2D eigenvalue weighted by atomic mass is 32.2. The molecule has 14 heteroatoms. The van der Waals surface area contributed by atoms with Crippen LogP contribution in [0.15, 0.2) is 99.8 Å². The van der Waals surface area contributed by atoms with Crippen LogP contribution in [-0.2, 0) is 26.5 Å². The highest BCUT2D eigenvalue weighted by molar-refractivity contribution is 7.89. The Morgan fingerprint density at radius 2 is 1.53 bits per heavy atom. The summed E-state index contributed by atoms with van der Waals surface area (Å²) in [6, 6.07) is 24.2. The second-order valence-corrected chi connectivity index (χ2v) is 13.3. The Kier molecular flexibility index (Phi) is 9.01. The fourth-order valence-electron chi connectivity index (χ4n) is 4.05. The SMILES string of the molecule is CC(=NNc1cc(NCCc2ccc(S(N)(=O)=O)cc2)nc(Nc2ccccc2)n1)c1ccc(S(=O)(=O)NC2CC2)cc1. The van der Waals surface area contributed by atoms with Gasteiger partial charge in [0.25, 0.3) is 0 Å². The first-order valence-corrected chi connectivity index (χ1v) is 16.6. The van der Waals surface area contributed by atoms with Crippen molar-refractivity contribution in [3.8, 4) is 0 Å². The van der Waals surface area contributed by atoms with Crippen LogP contribution in [0.2, 0.25) is 0 Å². The van der Waals surface area contributed by atoms with E-state index >= 15 is 0 Å². The number of rotatable bonds is 13. The Morgan fingerprint density at radius 1 is 0.884 bits per heavy atom. The van der Waals surface area contributed by atoms with Crippen LogP contribution in [0.5, 0.6) is 0 Å². The molecule has 6 N–H and O–H groups in total. The highest BCUT2D eigenvalue weighted by Crippen LogP contribution is 2.23. The monoisotopic (exact) mass is 620 g/mol. The number of nitrogens with two attached hydrogens (primary N) is 1. The number of anilines is 4. The quantitative estimate of drug-likeness (QED) is 0.110. The van der Waals surface area contributed by atoms with E-state index in [0.29, 0.717) is 36.3 Å². The van der Waals surface area contributed by atoms with E-state index in [1.165, 1.54) is 12.1 Å². The average Bonchev–Trinajstić information content (AvgIpc) is 3.80. The lowest BCUT2D eigenvalue weighted by Gasteiger charge is -2.12. The van der Waals surface area contributed by atoms with Crippen molar-refractivity contribution < 1.29 is 16.8 Å². The Balaban J connectivity index is 1.28. The van der Waals surface area contributed by atoms with Gasteiger partial charge >= 0.3 is 0 Å². The molecule has 0 bridgehead atoms. The maximum atomic E-state index is 12.5. The summed E-state index contributed by atoms with van der Waals surface area (Å²) in [6.45, 7) is 2.33. The van der Waals surface area contributed by atoms with Crippen LogP contribution in [0.25, 0.3) is 0 Å². The number of hydrazone groups is 1. The zero-order chi connectivity index (χ0) is 30.5. The lowest BCUT2D eigenvalue weighted by molar-refractivity contribution is 0.581. The van der Waals surface area contributed by atoms with Gasteiger partial charge in [0.05, 0.1) is 15.5 Å². The van der Waals surface area contributed by atoms with Crippen LogP contribution >= 0.6 is 0 Å². The Morgan fingerprint density at radius 3 is 2.19 bits per heavy atom. The fraction of sp³-hybridized carbons (Fsp3) is 0.207. The number of sulfonamides is 2. The van der Waals surface area contributed by atoms with Gasteiger partial charge in [-0.05, 0) is 73.7 Å². The second-order valence-electron chi connectivity index (χ2n) is 10.0. The number of aromatic nitrogens is 2. The molecule has 224 valence electrons. The average molecular weight is 621 g/mol. The van der Waals surface area contributed by atoms with Gasteiger partial charge in [-0.1, -0.05) is 42.5 Å². The van der Waals surface area contributed by atoms with Gasteiger partial charge in [0.15, 0.2) is 5.82 Å². The van der Waals surface area contributed by atoms with Crippen LogP contribution in [-0.4, -0.2) is 45.1 Å². The van der Waals surface area contributed by atoms with Crippen molar-refractivity contribution in [2.24, 2.45) is 10.2 Å². The summed E-state index contributed by atoms with van der Waals surface area (Å²) in [5, 5.41) is 16.1. The van der Waals surface area contributed by atoms with Gasteiger partial charge < -0.3 is 10.6 Å². The zero-order valence-corrected chi connectivity index (χ0v) is 25.0. The third kappa shape index (κ3) is 8.58. The van der Waals surface area contributed by atoms with Gasteiger partial charge in [-0.25, -0.2) is 26.7 Å². The maximum Gasteiger partial charge on any atom is 0.240 e. The number of hydrogen-bond acceptors (Lipinski definition) is 10. The first-order valence-electron chi connectivity index (χ1n) is 13.5. The van der Waals surface area contributed by atoms with Crippen LogP contribution in [0.3, 0.4) is 0 Å². The standard InChI is InChI=1S/C29H32N8O4S2/c1-20(22-9-15-26(16-10-22)43(40,41)37-24-11-12-24)35-36-28-19-27(33-29(34-28)32-23-5-3-2-4-6-23)31-18-17-21-7-13-25(14-8-21)42(30,38)39/h2-10,13-16,19,24,37H,11-12,17-18H2,1H3,(H2,30,38,39)(H3,31,32,33,34,36). The summed E-state index contributed by atoms with van der Waals surface area (Å²) in [6.07, 6.45) is 2.35. The van der Waals surface area contributed by atoms with E-state index in [1.54, 1.807) is 42.5 Å². The number of nitrogens with zero attached hydrogens (tertiary/aromatic N) is 3. The van der Waals surface area contributed by atoms with Crippen LogP contribution in [0, 0.1) is 0 Å². The van der Waals surface area contributed by atoms with Crippen molar-refractivity contribution in [2.45, 2.75) is 42.0 Å². The van der Waals surface area contributed by atoms with Gasteiger partial charge in [-0.15, -0.1) is 0 Å². The number of benzene rings is 3. The van der Waals surface area contributed by atoms with Gasteiger partial charge in [-0.2, -0.15) is 15.1 Å². The topological polar surface area (TPSA) is 181 Å². The number of primary sulfonamides is 1. The zero-order valence-electron chi connectivity index (χ0n) is 23.4. The summed E-state index contributed by atoms with van der Waals surface area (Å²) in [5.74, 6) is 1.32. The summed E-state index contributed by atoms with van der Waals surface area (Å²) < 4.78 is 50.6. The van der Waals surface area contributed by atoms with Crippen molar-refractivity contribution in [3.05, 3.63) is 96.1 Å². The molecule has 0 amide bonds. The minimum atomic E-state index is -3.74. The molecule has 4 aromatic rings. The molecule has 1 aliphatic rings. The smallest absolute Gasteiger partial charge is 0.240 e. The summed E-state index contributed by atoms with van der Waals surface area (Å²) in [5.41, 5.74) is 6.10. The molecule has 1 aromatic heterocycles. The summed E-state index contributed by atoms with van der Waals surface area (Å²) in [4.78, 5) is 9.38. The largest absolute Gasteiger partial charge is 0.370 e. The molecular formula is C29H32N8O4S2. The lowest BCUT2D eigenvalue weighted by atomic mass is 10.1. The molecule has 1 heterocycles. The van der Waals surface area contributed by atoms with E-state index in [0.717, 1.165) is 29.7 Å². The van der Waals surface area contributed by atoms with Gasteiger partial charge in [0.1, 0.15) is 5.82 Å². The van der Waals surface area contributed by atoms with Crippen molar-refractivity contribution in [3.63, 3.8) is 0 Å². The number of hydrogen-bond donors (Lipinski definition) is 5. The fourth-order valence-corrected chi connectivity index (χ4v) is 5.87. The predicted molar refractivity (Wildman–Crippen MR) is 167 cm³/mol. The second kappa shape index (κ2) is 12.9. The van der Waals surface area contributed by atoms with Crippen molar-refractivity contribution in [1.29, 1.82) is 0 Å². The maximum absolute atomic E-state index is 12.5. The van der Waals surface area contributed by atoms with E-state index in [9.17, 15) is 16.8 Å². The molecule has 0 aliphatic heterocycles.